The first-order chi connectivity index (χ1) is 8.81. The van der Waals surface area contributed by atoms with Crippen molar-refractivity contribution in [2.75, 3.05) is 6.54 Å². The van der Waals surface area contributed by atoms with Gasteiger partial charge in [0.15, 0.2) is 0 Å². The molecule has 1 aliphatic carbocycles. The quantitative estimate of drug-likeness (QED) is 0.824. The molecule has 1 N–H and O–H groups in total. The van der Waals surface area contributed by atoms with Crippen LogP contribution in [0.1, 0.15) is 65.2 Å². The highest BCUT2D eigenvalue weighted by atomic mass is 15.2. The summed E-state index contributed by atoms with van der Waals surface area (Å²) in [6.45, 7) is 6.04. The first kappa shape index (κ1) is 12.9. The molecule has 0 aromatic rings. The maximum atomic E-state index is 3.79. The summed E-state index contributed by atoms with van der Waals surface area (Å²) in [7, 11) is 0. The van der Waals surface area contributed by atoms with E-state index in [-0.39, 0.29) is 0 Å². The topological polar surface area (TPSA) is 15.3 Å². The van der Waals surface area contributed by atoms with Crippen LogP contribution in [0.4, 0.5) is 0 Å². The maximum absolute atomic E-state index is 3.79. The maximum Gasteiger partial charge on any atom is 0.0128 e. The SMILES string of the molecule is CCC1CCCC1N(CC)C1CC2CCC(C1)N2. The van der Waals surface area contributed by atoms with Gasteiger partial charge in [-0.1, -0.05) is 26.7 Å². The van der Waals surface area contributed by atoms with Gasteiger partial charge in [-0.2, -0.15) is 0 Å². The minimum absolute atomic E-state index is 0.837. The molecule has 18 heavy (non-hydrogen) atoms. The molecule has 0 spiro atoms. The summed E-state index contributed by atoms with van der Waals surface area (Å²) in [5.41, 5.74) is 0. The van der Waals surface area contributed by atoms with Crippen molar-refractivity contribution in [2.45, 2.75) is 89.4 Å². The lowest BCUT2D eigenvalue weighted by Gasteiger charge is -2.42. The van der Waals surface area contributed by atoms with Crippen molar-refractivity contribution >= 4 is 0 Å². The average molecular weight is 250 g/mol. The van der Waals surface area contributed by atoms with E-state index in [4.69, 9.17) is 0 Å². The molecule has 1 saturated carbocycles. The standard InChI is InChI=1S/C16H30N2/c1-3-12-6-5-7-16(12)18(4-2)15-10-13-8-9-14(11-15)17-13/h12-17H,3-11H2,1-2H3. The minimum atomic E-state index is 0.837. The van der Waals surface area contributed by atoms with Crippen LogP contribution in [0.5, 0.6) is 0 Å². The molecule has 3 aliphatic rings. The van der Waals surface area contributed by atoms with Crippen molar-refractivity contribution in [2.24, 2.45) is 5.92 Å². The molecule has 4 atom stereocenters. The van der Waals surface area contributed by atoms with Crippen molar-refractivity contribution in [1.82, 2.24) is 10.2 Å². The zero-order valence-electron chi connectivity index (χ0n) is 12.2. The Morgan fingerprint density at radius 1 is 1.00 bits per heavy atom. The Bertz CT molecular complexity index is 266. The molecular weight excluding hydrogens is 220 g/mol. The number of rotatable bonds is 4. The third kappa shape index (κ3) is 2.34. The molecule has 104 valence electrons. The number of fused-ring (bicyclic) bond motifs is 2. The van der Waals surface area contributed by atoms with E-state index in [0.717, 1.165) is 30.1 Å². The van der Waals surface area contributed by atoms with Gasteiger partial charge in [-0.3, -0.25) is 4.90 Å². The fourth-order valence-corrected chi connectivity index (χ4v) is 4.99. The normalized spacial score (nSPS) is 43.8. The largest absolute Gasteiger partial charge is 0.311 e. The van der Waals surface area contributed by atoms with Crippen LogP contribution in [-0.2, 0) is 0 Å². The van der Waals surface area contributed by atoms with Crippen molar-refractivity contribution in [1.29, 1.82) is 0 Å². The van der Waals surface area contributed by atoms with Gasteiger partial charge < -0.3 is 5.32 Å². The number of nitrogens with one attached hydrogen (secondary N) is 1. The summed E-state index contributed by atoms with van der Waals surface area (Å²) >= 11 is 0. The minimum Gasteiger partial charge on any atom is -0.311 e. The highest BCUT2D eigenvalue weighted by molar-refractivity contribution is 4.98. The molecule has 2 nitrogen and oxygen atoms in total. The van der Waals surface area contributed by atoms with E-state index in [2.05, 4.69) is 24.1 Å². The van der Waals surface area contributed by atoms with Crippen LogP contribution in [0.15, 0.2) is 0 Å². The van der Waals surface area contributed by atoms with Gasteiger partial charge in [-0.25, -0.2) is 0 Å². The van der Waals surface area contributed by atoms with Gasteiger partial charge in [0.25, 0.3) is 0 Å². The summed E-state index contributed by atoms with van der Waals surface area (Å²) in [6, 6.07) is 3.46. The van der Waals surface area contributed by atoms with E-state index in [0.29, 0.717) is 0 Å². The molecule has 4 unspecified atom stereocenters. The van der Waals surface area contributed by atoms with Crippen LogP contribution in [0.3, 0.4) is 0 Å². The smallest absolute Gasteiger partial charge is 0.0128 e. The second kappa shape index (κ2) is 5.50. The lowest BCUT2D eigenvalue weighted by Crippen LogP contribution is -2.52. The molecule has 0 amide bonds. The molecule has 2 heteroatoms. The van der Waals surface area contributed by atoms with Crippen LogP contribution in [0, 0.1) is 5.92 Å². The van der Waals surface area contributed by atoms with Crippen LogP contribution >= 0.6 is 0 Å². The van der Waals surface area contributed by atoms with E-state index in [9.17, 15) is 0 Å². The van der Waals surface area contributed by atoms with E-state index >= 15 is 0 Å². The van der Waals surface area contributed by atoms with E-state index in [1.54, 1.807) is 0 Å². The summed E-state index contributed by atoms with van der Waals surface area (Å²) in [6.07, 6.45) is 11.5. The molecule has 0 radical (unpaired) electrons. The van der Waals surface area contributed by atoms with E-state index in [1.165, 1.54) is 57.9 Å². The molecule has 3 rings (SSSR count). The Kier molecular flexibility index (Phi) is 3.95. The second-order valence-electron chi connectivity index (χ2n) is 6.76. The lowest BCUT2D eigenvalue weighted by atomic mass is 9.92. The molecule has 2 bridgehead atoms. The summed E-state index contributed by atoms with van der Waals surface area (Å²) < 4.78 is 0. The lowest BCUT2D eigenvalue weighted by molar-refractivity contribution is 0.0780. The van der Waals surface area contributed by atoms with Crippen molar-refractivity contribution in [3.63, 3.8) is 0 Å². The highest BCUT2D eigenvalue weighted by Gasteiger charge is 2.40. The zero-order chi connectivity index (χ0) is 12.5. The van der Waals surface area contributed by atoms with Gasteiger partial charge in [0.1, 0.15) is 0 Å². The van der Waals surface area contributed by atoms with Crippen LogP contribution < -0.4 is 5.32 Å². The number of piperidine rings is 1. The Balaban J connectivity index is 1.68. The van der Waals surface area contributed by atoms with Gasteiger partial charge in [0.05, 0.1) is 0 Å². The fourth-order valence-electron chi connectivity index (χ4n) is 4.99. The molecule has 0 aromatic heterocycles. The predicted molar refractivity (Wildman–Crippen MR) is 76.8 cm³/mol. The van der Waals surface area contributed by atoms with Crippen LogP contribution in [0.25, 0.3) is 0 Å². The molecule has 2 saturated heterocycles. The van der Waals surface area contributed by atoms with Crippen LogP contribution in [-0.4, -0.2) is 35.6 Å². The molecule has 3 fully saturated rings. The Hall–Kier alpha value is -0.0800. The van der Waals surface area contributed by atoms with E-state index in [1.807, 2.05) is 0 Å². The third-order valence-corrected chi connectivity index (χ3v) is 5.85. The average Bonchev–Trinajstić information content (AvgIpc) is 2.97. The number of hydrogen-bond donors (Lipinski definition) is 1. The van der Waals surface area contributed by atoms with Gasteiger partial charge >= 0.3 is 0 Å². The van der Waals surface area contributed by atoms with E-state index < -0.39 is 0 Å². The van der Waals surface area contributed by atoms with Crippen molar-refractivity contribution in [3.05, 3.63) is 0 Å². The second-order valence-corrected chi connectivity index (χ2v) is 6.76. The number of nitrogens with zero attached hydrogens (tertiary/aromatic N) is 1. The first-order valence-electron chi connectivity index (χ1n) is 8.33. The monoisotopic (exact) mass is 250 g/mol. The van der Waals surface area contributed by atoms with Crippen molar-refractivity contribution < 1.29 is 0 Å². The predicted octanol–water partition coefficient (Wildman–Crippen LogP) is 3.17. The summed E-state index contributed by atoms with van der Waals surface area (Å²) in [5, 5.41) is 3.79. The molecule has 2 heterocycles. The Labute approximate surface area is 113 Å². The Morgan fingerprint density at radius 2 is 1.72 bits per heavy atom. The summed E-state index contributed by atoms with van der Waals surface area (Å²) in [4.78, 5) is 2.90. The molecule has 0 aromatic carbocycles. The fraction of sp³-hybridized carbons (Fsp3) is 1.00. The van der Waals surface area contributed by atoms with Crippen molar-refractivity contribution in [3.8, 4) is 0 Å². The molecule has 2 aliphatic heterocycles. The molecular formula is C16H30N2. The van der Waals surface area contributed by atoms with Gasteiger partial charge in [-0.15, -0.1) is 0 Å². The highest BCUT2D eigenvalue weighted by Crippen LogP contribution is 2.37. The van der Waals surface area contributed by atoms with Gasteiger partial charge in [-0.05, 0) is 51.0 Å². The first-order valence-corrected chi connectivity index (χ1v) is 8.33. The van der Waals surface area contributed by atoms with Crippen LogP contribution in [0.2, 0.25) is 0 Å². The summed E-state index contributed by atoms with van der Waals surface area (Å²) in [5.74, 6) is 0.984. The van der Waals surface area contributed by atoms with Gasteiger partial charge in [0.2, 0.25) is 0 Å². The number of hydrogen-bond acceptors (Lipinski definition) is 2. The third-order valence-electron chi connectivity index (χ3n) is 5.85. The Morgan fingerprint density at radius 3 is 2.33 bits per heavy atom. The zero-order valence-corrected chi connectivity index (χ0v) is 12.2. The van der Waals surface area contributed by atoms with Gasteiger partial charge in [0, 0.05) is 24.2 Å².